The minimum atomic E-state index is -1.63. The largest absolute Gasteiger partial charge is 0.468 e. The molecular formula is C21H31NO13S. The number of thioether (sulfide) groups is 1. The van der Waals surface area contributed by atoms with Crippen LogP contribution in [0.15, 0.2) is 0 Å². The highest BCUT2D eigenvalue weighted by molar-refractivity contribution is 8.00. The third-order valence-corrected chi connectivity index (χ3v) is 6.15. The Labute approximate surface area is 211 Å². The second kappa shape index (κ2) is 14.6. The van der Waals surface area contributed by atoms with Gasteiger partial charge < -0.3 is 33.5 Å². The number of nitrogens with zero attached hydrogens (tertiary/aromatic N) is 1. The molecule has 0 aromatic heterocycles. The van der Waals surface area contributed by atoms with E-state index < -0.39 is 85.0 Å². The first-order valence-corrected chi connectivity index (χ1v) is 11.7. The molecule has 36 heavy (non-hydrogen) atoms. The molecule has 15 heteroatoms. The molecule has 0 aromatic carbocycles. The molecule has 1 aliphatic heterocycles. The SMILES string of the molecule is COC(=O)C1CS[C@H](C(OC(C)=O)C(OC(C)=O)C(OC(C)=O)C(COC(C)=O)OC(C)=O)N1CO. The lowest BCUT2D eigenvalue weighted by atomic mass is 10.0. The second-order valence-electron chi connectivity index (χ2n) is 7.59. The lowest BCUT2D eigenvalue weighted by Crippen LogP contribution is -2.58. The lowest BCUT2D eigenvalue weighted by molar-refractivity contribution is -0.205. The van der Waals surface area contributed by atoms with Gasteiger partial charge in [0.15, 0.2) is 24.4 Å². The summed E-state index contributed by atoms with van der Waals surface area (Å²) in [7, 11) is 1.16. The minimum Gasteiger partial charge on any atom is -0.468 e. The number of carbonyl (C=O) groups excluding carboxylic acids is 6. The van der Waals surface area contributed by atoms with Crippen LogP contribution >= 0.6 is 11.8 Å². The average Bonchev–Trinajstić information content (AvgIpc) is 3.20. The smallest absolute Gasteiger partial charge is 0.324 e. The number of esters is 6. The normalized spacial score (nSPS) is 20.8. The van der Waals surface area contributed by atoms with Crippen LogP contribution in [0.2, 0.25) is 0 Å². The zero-order valence-corrected chi connectivity index (χ0v) is 21.6. The maximum atomic E-state index is 12.2. The van der Waals surface area contributed by atoms with Crippen LogP contribution in [-0.2, 0) is 57.2 Å². The van der Waals surface area contributed by atoms with E-state index in [9.17, 15) is 33.9 Å². The van der Waals surface area contributed by atoms with Crippen LogP contribution in [0.5, 0.6) is 0 Å². The Balaban J connectivity index is 3.62. The molecule has 1 heterocycles. The van der Waals surface area contributed by atoms with Gasteiger partial charge in [-0.1, -0.05) is 0 Å². The molecule has 14 nitrogen and oxygen atoms in total. The molecule has 204 valence electrons. The van der Waals surface area contributed by atoms with Gasteiger partial charge in [-0.05, 0) is 0 Å². The molecule has 0 spiro atoms. The third-order valence-electron chi connectivity index (χ3n) is 4.76. The Morgan fingerprint density at radius 3 is 1.81 bits per heavy atom. The molecule has 1 fully saturated rings. The van der Waals surface area contributed by atoms with E-state index in [1.165, 1.54) is 4.90 Å². The average molecular weight is 538 g/mol. The Bertz CT molecular complexity index is 835. The maximum absolute atomic E-state index is 12.2. The molecule has 5 unspecified atom stereocenters. The Hall–Kier alpha value is -2.91. The van der Waals surface area contributed by atoms with Crippen LogP contribution < -0.4 is 0 Å². The fourth-order valence-corrected chi connectivity index (χ4v) is 5.02. The number of aliphatic hydroxyl groups excluding tert-OH is 1. The summed E-state index contributed by atoms with van der Waals surface area (Å²) in [5.74, 6) is -4.74. The second-order valence-corrected chi connectivity index (χ2v) is 8.74. The Kier molecular flexibility index (Phi) is 12.6. The zero-order valence-electron chi connectivity index (χ0n) is 20.8. The van der Waals surface area contributed by atoms with E-state index >= 15 is 0 Å². The van der Waals surface area contributed by atoms with Gasteiger partial charge in [-0.15, -0.1) is 11.8 Å². The van der Waals surface area contributed by atoms with Crippen molar-refractivity contribution in [1.29, 1.82) is 0 Å². The minimum absolute atomic E-state index is 0.113. The monoisotopic (exact) mass is 537 g/mol. The van der Waals surface area contributed by atoms with Gasteiger partial charge in [0.05, 0.1) is 19.2 Å². The van der Waals surface area contributed by atoms with E-state index in [1.807, 2.05) is 0 Å². The van der Waals surface area contributed by atoms with Crippen LogP contribution in [0.1, 0.15) is 34.6 Å². The molecule has 1 saturated heterocycles. The van der Waals surface area contributed by atoms with Crippen molar-refractivity contribution in [2.75, 3.05) is 26.2 Å². The van der Waals surface area contributed by atoms with Crippen molar-refractivity contribution in [3.63, 3.8) is 0 Å². The van der Waals surface area contributed by atoms with Crippen LogP contribution in [0.25, 0.3) is 0 Å². The van der Waals surface area contributed by atoms with Gasteiger partial charge in [0.25, 0.3) is 0 Å². The number of carbonyl (C=O) groups is 6. The van der Waals surface area contributed by atoms with Gasteiger partial charge in [0, 0.05) is 40.4 Å². The van der Waals surface area contributed by atoms with E-state index in [0.717, 1.165) is 53.5 Å². The number of hydrogen-bond donors (Lipinski definition) is 1. The van der Waals surface area contributed by atoms with Crippen molar-refractivity contribution in [3.8, 4) is 0 Å². The molecule has 1 rings (SSSR count). The molecule has 1 N–H and O–H groups in total. The third kappa shape index (κ3) is 9.28. The van der Waals surface area contributed by atoms with Crippen molar-refractivity contribution in [2.45, 2.75) is 70.5 Å². The summed E-state index contributed by atoms with van der Waals surface area (Å²) in [6, 6.07) is -0.941. The molecule has 0 saturated carbocycles. The van der Waals surface area contributed by atoms with Crippen LogP contribution in [-0.4, -0.2) is 108 Å². The maximum Gasteiger partial charge on any atom is 0.324 e. The molecule has 0 aliphatic carbocycles. The quantitative estimate of drug-likeness (QED) is 0.240. The van der Waals surface area contributed by atoms with E-state index in [1.54, 1.807) is 0 Å². The summed E-state index contributed by atoms with van der Waals surface area (Å²) < 4.78 is 31.1. The number of aliphatic hydroxyl groups is 1. The first kappa shape index (κ1) is 31.1. The topological polar surface area (TPSA) is 181 Å². The fraction of sp³-hybridized carbons (Fsp3) is 0.714. The van der Waals surface area contributed by atoms with Crippen LogP contribution in [0, 0.1) is 0 Å². The molecule has 1 aliphatic rings. The highest BCUT2D eigenvalue weighted by Crippen LogP contribution is 2.36. The van der Waals surface area contributed by atoms with E-state index in [4.69, 9.17) is 28.4 Å². The van der Waals surface area contributed by atoms with Crippen molar-refractivity contribution in [2.24, 2.45) is 0 Å². The first-order valence-electron chi connectivity index (χ1n) is 10.7. The van der Waals surface area contributed by atoms with Gasteiger partial charge >= 0.3 is 35.8 Å². The predicted molar refractivity (Wildman–Crippen MR) is 120 cm³/mol. The highest BCUT2D eigenvalue weighted by atomic mass is 32.2. The molecule has 0 radical (unpaired) electrons. The van der Waals surface area contributed by atoms with Crippen LogP contribution in [0.3, 0.4) is 0 Å². The first-order chi connectivity index (χ1) is 16.8. The predicted octanol–water partition coefficient (Wildman–Crippen LogP) is -0.857. The van der Waals surface area contributed by atoms with Gasteiger partial charge in [0.1, 0.15) is 12.6 Å². The van der Waals surface area contributed by atoms with Gasteiger partial charge in [-0.2, -0.15) is 0 Å². The summed E-state index contributed by atoms with van der Waals surface area (Å²) >= 11 is 1.08. The Morgan fingerprint density at radius 2 is 1.36 bits per heavy atom. The van der Waals surface area contributed by atoms with Gasteiger partial charge in [-0.25, -0.2) is 0 Å². The number of hydrogen-bond acceptors (Lipinski definition) is 15. The molecule has 0 amide bonds. The van der Waals surface area contributed by atoms with Crippen LogP contribution in [0.4, 0.5) is 0 Å². The summed E-state index contributed by atoms with van der Waals surface area (Å²) in [6.45, 7) is 4.02. The number of rotatable bonds is 12. The highest BCUT2D eigenvalue weighted by Gasteiger charge is 2.52. The van der Waals surface area contributed by atoms with Crippen molar-refractivity contribution in [1.82, 2.24) is 4.90 Å². The zero-order chi connectivity index (χ0) is 27.6. The van der Waals surface area contributed by atoms with E-state index in [2.05, 4.69) is 0 Å². The summed E-state index contributed by atoms with van der Waals surface area (Å²) in [6.07, 6.45) is -6.20. The van der Waals surface area contributed by atoms with Gasteiger partial charge in [-0.3, -0.25) is 33.7 Å². The summed E-state index contributed by atoms with van der Waals surface area (Å²) in [5.41, 5.74) is 0. The summed E-state index contributed by atoms with van der Waals surface area (Å²) in [4.78, 5) is 72.8. The lowest BCUT2D eigenvalue weighted by Gasteiger charge is -2.39. The van der Waals surface area contributed by atoms with Gasteiger partial charge in [0.2, 0.25) is 0 Å². The van der Waals surface area contributed by atoms with Crippen molar-refractivity contribution < 1.29 is 62.3 Å². The molecule has 6 atom stereocenters. The Morgan fingerprint density at radius 1 is 0.833 bits per heavy atom. The van der Waals surface area contributed by atoms with E-state index in [0.29, 0.717) is 0 Å². The molecule has 0 aromatic rings. The van der Waals surface area contributed by atoms with Crippen molar-refractivity contribution >= 4 is 47.6 Å². The number of methoxy groups -OCH3 is 1. The van der Waals surface area contributed by atoms with E-state index in [-0.39, 0.29) is 5.75 Å². The number of ether oxygens (including phenoxy) is 6. The molecular weight excluding hydrogens is 506 g/mol. The standard InChI is InChI=1S/C21H31NO13S/c1-10(24)31-7-16(32-11(2)25)17(33-12(3)26)18(34-13(4)27)19(35-14(5)28)20-22(9-23)15(8-36-20)21(29)30-6/h15-20,23H,7-9H2,1-6H3/t15?,16?,17?,18?,19?,20-/m1/s1. The fourth-order valence-electron chi connectivity index (χ4n) is 3.51. The summed E-state index contributed by atoms with van der Waals surface area (Å²) in [5, 5.41) is 9.00. The molecule has 0 bridgehead atoms. The van der Waals surface area contributed by atoms with Crippen molar-refractivity contribution in [3.05, 3.63) is 0 Å².